The second-order valence-corrected chi connectivity index (χ2v) is 5.87. The third kappa shape index (κ3) is 2.88. The fraction of sp³-hybridized carbons (Fsp3) is 0.533. The van der Waals surface area contributed by atoms with Crippen molar-refractivity contribution < 1.29 is 4.39 Å². The van der Waals surface area contributed by atoms with Crippen LogP contribution in [0.15, 0.2) is 18.2 Å². The van der Waals surface area contributed by atoms with Crippen molar-refractivity contribution in [1.29, 1.82) is 5.26 Å². The highest BCUT2D eigenvalue weighted by Crippen LogP contribution is 2.29. The minimum atomic E-state index is -0.358. The van der Waals surface area contributed by atoms with Gasteiger partial charge in [-0.1, -0.05) is 26.0 Å². The lowest BCUT2D eigenvalue weighted by molar-refractivity contribution is 0.110. The van der Waals surface area contributed by atoms with E-state index in [1.165, 1.54) is 12.5 Å². The third-order valence-corrected chi connectivity index (χ3v) is 3.57. The summed E-state index contributed by atoms with van der Waals surface area (Å²) >= 11 is 0. The zero-order valence-corrected chi connectivity index (χ0v) is 11.0. The third-order valence-electron chi connectivity index (χ3n) is 3.57. The second-order valence-electron chi connectivity index (χ2n) is 5.87. The van der Waals surface area contributed by atoms with E-state index in [0.29, 0.717) is 17.5 Å². The molecule has 1 aromatic rings. The van der Waals surface area contributed by atoms with Gasteiger partial charge in [0.15, 0.2) is 0 Å². The van der Waals surface area contributed by atoms with Crippen LogP contribution in [0.2, 0.25) is 0 Å². The summed E-state index contributed by atoms with van der Waals surface area (Å²) in [6, 6.07) is 6.95. The van der Waals surface area contributed by atoms with Gasteiger partial charge in [0.05, 0.1) is 5.56 Å². The van der Waals surface area contributed by atoms with Gasteiger partial charge in [-0.15, -0.1) is 0 Å². The van der Waals surface area contributed by atoms with E-state index in [2.05, 4.69) is 18.7 Å². The van der Waals surface area contributed by atoms with Crippen molar-refractivity contribution in [2.45, 2.75) is 33.2 Å². The van der Waals surface area contributed by atoms with Gasteiger partial charge < -0.3 is 0 Å². The van der Waals surface area contributed by atoms with Gasteiger partial charge in [-0.2, -0.15) is 5.26 Å². The van der Waals surface area contributed by atoms with Gasteiger partial charge in [-0.3, -0.25) is 4.90 Å². The highest BCUT2D eigenvalue weighted by Gasteiger charge is 2.26. The van der Waals surface area contributed by atoms with Crippen LogP contribution in [0.1, 0.15) is 37.8 Å². The molecule has 0 amide bonds. The van der Waals surface area contributed by atoms with Crippen LogP contribution in [0.5, 0.6) is 0 Å². The minimum Gasteiger partial charge on any atom is -0.298 e. The fourth-order valence-electron chi connectivity index (χ4n) is 2.71. The van der Waals surface area contributed by atoms with Crippen molar-refractivity contribution in [3.8, 4) is 6.07 Å². The van der Waals surface area contributed by atoms with Crippen molar-refractivity contribution in [3.63, 3.8) is 0 Å². The molecule has 0 saturated carbocycles. The molecule has 0 aliphatic carbocycles. The molecular formula is C15H19FN2. The molecule has 0 atom stereocenters. The van der Waals surface area contributed by atoms with E-state index in [4.69, 9.17) is 5.26 Å². The summed E-state index contributed by atoms with van der Waals surface area (Å²) in [6.45, 7) is 7.11. The number of benzene rings is 1. The summed E-state index contributed by atoms with van der Waals surface area (Å²) in [6.07, 6.45) is 2.39. The Labute approximate surface area is 108 Å². The van der Waals surface area contributed by atoms with Crippen LogP contribution in [0.4, 0.5) is 4.39 Å². The molecule has 1 aliphatic rings. The Kier molecular flexibility index (Phi) is 3.68. The van der Waals surface area contributed by atoms with Crippen molar-refractivity contribution in [3.05, 3.63) is 35.1 Å². The molecule has 1 fully saturated rings. The molecule has 0 spiro atoms. The maximum Gasteiger partial charge on any atom is 0.145 e. The number of piperidine rings is 1. The van der Waals surface area contributed by atoms with Crippen LogP contribution in [0.25, 0.3) is 0 Å². The van der Waals surface area contributed by atoms with Gasteiger partial charge in [0.1, 0.15) is 11.9 Å². The smallest absolute Gasteiger partial charge is 0.145 e. The maximum atomic E-state index is 14.0. The predicted molar refractivity (Wildman–Crippen MR) is 69.4 cm³/mol. The normalized spacial score (nSPS) is 19.4. The molecule has 0 radical (unpaired) electrons. The van der Waals surface area contributed by atoms with Crippen molar-refractivity contribution >= 4 is 0 Å². The van der Waals surface area contributed by atoms with Crippen molar-refractivity contribution in [1.82, 2.24) is 4.90 Å². The molecule has 1 aromatic carbocycles. The van der Waals surface area contributed by atoms with Gasteiger partial charge in [0.25, 0.3) is 0 Å². The first kappa shape index (κ1) is 13.0. The van der Waals surface area contributed by atoms with Crippen LogP contribution in [0.3, 0.4) is 0 Å². The number of nitrogens with zero attached hydrogens (tertiary/aromatic N) is 2. The Morgan fingerprint density at radius 2 is 2.22 bits per heavy atom. The van der Waals surface area contributed by atoms with E-state index in [0.717, 1.165) is 19.5 Å². The Morgan fingerprint density at radius 1 is 1.44 bits per heavy atom. The van der Waals surface area contributed by atoms with Crippen LogP contribution in [-0.2, 0) is 6.54 Å². The lowest BCUT2D eigenvalue weighted by atomic mass is 9.84. The minimum absolute atomic E-state index is 0.142. The van der Waals surface area contributed by atoms with Crippen LogP contribution < -0.4 is 0 Å². The SMILES string of the molecule is CC1(C)CCCN(Cc2cccc(C#N)c2F)C1. The molecule has 2 nitrogen and oxygen atoms in total. The van der Waals surface area contributed by atoms with Crippen molar-refractivity contribution in [2.75, 3.05) is 13.1 Å². The van der Waals surface area contributed by atoms with Crippen LogP contribution >= 0.6 is 0 Å². The van der Waals surface area contributed by atoms with E-state index in [1.54, 1.807) is 12.1 Å². The van der Waals surface area contributed by atoms with E-state index in [1.807, 2.05) is 6.07 Å². The Bertz CT molecular complexity index is 474. The fourth-order valence-corrected chi connectivity index (χ4v) is 2.71. The number of likely N-dealkylation sites (tertiary alicyclic amines) is 1. The second kappa shape index (κ2) is 5.07. The molecular weight excluding hydrogens is 227 g/mol. The average molecular weight is 246 g/mol. The lowest BCUT2D eigenvalue weighted by Gasteiger charge is -2.38. The van der Waals surface area contributed by atoms with E-state index < -0.39 is 0 Å². The summed E-state index contributed by atoms with van der Waals surface area (Å²) in [5.74, 6) is -0.358. The molecule has 0 N–H and O–H groups in total. The first-order chi connectivity index (χ1) is 8.52. The molecule has 1 aliphatic heterocycles. The van der Waals surface area contributed by atoms with Crippen LogP contribution in [0, 0.1) is 22.6 Å². The van der Waals surface area contributed by atoms with E-state index in [9.17, 15) is 4.39 Å². The van der Waals surface area contributed by atoms with E-state index in [-0.39, 0.29) is 11.4 Å². The zero-order chi connectivity index (χ0) is 13.2. The molecule has 18 heavy (non-hydrogen) atoms. The molecule has 0 bridgehead atoms. The van der Waals surface area contributed by atoms with Gasteiger partial charge >= 0.3 is 0 Å². The summed E-state index contributed by atoms with van der Waals surface area (Å²) in [5, 5.41) is 8.83. The summed E-state index contributed by atoms with van der Waals surface area (Å²) in [5.41, 5.74) is 1.08. The van der Waals surface area contributed by atoms with Gasteiger partial charge in [0, 0.05) is 18.7 Å². The van der Waals surface area contributed by atoms with Gasteiger partial charge in [-0.05, 0) is 30.9 Å². The molecule has 1 heterocycles. The van der Waals surface area contributed by atoms with Gasteiger partial charge in [0.2, 0.25) is 0 Å². The number of nitriles is 1. The molecule has 96 valence electrons. The number of hydrogen-bond donors (Lipinski definition) is 0. The molecule has 3 heteroatoms. The topological polar surface area (TPSA) is 27.0 Å². The summed E-state index contributed by atoms with van der Waals surface area (Å²) < 4.78 is 14.0. The first-order valence-corrected chi connectivity index (χ1v) is 6.42. The molecule has 2 rings (SSSR count). The quantitative estimate of drug-likeness (QED) is 0.800. The first-order valence-electron chi connectivity index (χ1n) is 6.42. The average Bonchev–Trinajstić information content (AvgIpc) is 2.31. The molecule has 0 aromatic heterocycles. The lowest BCUT2D eigenvalue weighted by Crippen LogP contribution is -2.39. The van der Waals surface area contributed by atoms with Gasteiger partial charge in [-0.25, -0.2) is 4.39 Å². The Hall–Kier alpha value is -1.40. The molecule has 1 saturated heterocycles. The predicted octanol–water partition coefficient (Wildman–Crippen LogP) is 3.32. The number of halogens is 1. The largest absolute Gasteiger partial charge is 0.298 e. The zero-order valence-electron chi connectivity index (χ0n) is 11.0. The Morgan fingerprint density at radius 3 is 2.89 bits per heavy atom. The molecule has 0 unspecified atom stereocenters. The monoisotopic (exact) mass is 246 g/mol. The highest BCUT2D eigenvalue weighted by molar-refractivity contribution is 5.34. The standard InChI is InChI=1S/C15H19FN2/c1-15(2)7-4-8-18(11-15)10-13-6-3-5-12(9-17)14(13)16/h3,5-6H,4,7-8,10-11H2,1-2H3. The number of hydrogen-bond acceptors (Lipinski definition) is 2. The maximum absolute atomic E-state index is 14.0. The number of rotatable bonds is 2. The Balaban J connectivity index is 2.13. The van der Waals surface area contributed by atoms with E-state index >= 15 is 0 Å². The van der Waals surface area contributed by atoms with Crippen molar-refractivity contribution in [2.24, 2.45) is 5.41 Å². The summed E-state index contributed by atoms with van der Waals surface area (Å²) in [4.78, 5) is 2.28. The summed E-state index contributed by atoms with van der Waals surface area (Å²) in [7, 11) is 0. The highest BCUT2D eigenvalue weighted by atomic mass is 19.1. The van der Waals surface area contributed by atoms with Crippen LogP contribution in [-0.4, -0.2) is 18.0 Å².